The first-order chi connectivity index (χ1) is 15.0. The molecule has 0 bridgehead atoms. The third-order valence-electron chi connectivity index (χ3n) is 3.61. The van der Waals surface area contributed by atoms with E-state index >= 15 is 0 Å². The van der Waals surface area contributed by atoms with Crippen LogP contribution in [0.2, 0.25) is 0 Å². The number of amides is 2. The van der Waals surface area contributed by atoms with Gasteiger partial charge in [0.05, 0.1) is 23.3 Å². The molecule has 33 heavy (non-hydrogen) atoms. The Morgan fingerprint density at radius 2 is 1.33 bits per heavy atom. The molecule has 10 nitrogen and oxygen atoms in total. The van der Waals surface area contributed by atoms with Crippen LogP contribution < -0.4 is 4.90 Å². The van der Waals surface area contributed by atoms with Crippen molar-refractivity contribution in [2.45, 2.75) is 59.4 Å². The SMILES string of the molecule is CC(C)(C)OC(=O)N(C(=O)OC(C)(C)C)c1cccc(-c2cccc(COS(C)(=O)=O)n2)n1. The lowest BCUT2D eigenvalue weighted by Crippen LogP contribution is -2.44. The van der Waals surface area contributed by atoms with E-state index in [1.165, 1.54) is 6.07 Å². The van der Waals surface area contributed by atoms with E-state index in [0.29, 0.717) is 17.1 Å². The fraction of sp³-hybridized carbons (Fsp3) is 0.455. The number of anilines is 1. The van der Waals surface area contributed by atoms with E-state index in [2.05, 4.69) is 9.97 Å². The van der Waals surface area contributed by atoms with Crippen molar-refractivity contribution in [3.8, 4) is 11.4 Å². The van der Waals surface area contributed by atoms with Gasteiger partial charge in [0.1, 0.15) is 23.6 Å². The molecule has 2 amide bonds. The number of carbonyl (C=O) groups is 2. The lowest BCUT2D eigenvalue weighted by atomic mass is 10.2. The number of imide groups is 1. The normalized spacial score (nSPS) is 12.2. The number of nitrogens with zero attached hydrogens (tertiary/aromatic N) is 3. The molecule has 0 aromatic carbocycles. The summed E-state index contributed by atoms with van der Waals surface area (Å²) in [5, 5.41) is 0. The second-order valence-electron chi connectivity index (χ2n) is 9.16. The smallest absolute Gasteiger partial charge is 0.425 e. The van der Waals surface area contributed by atoms with Gasteiger partial charge in [-0.1, -0.05) is 12.1 Å². The second kappa shape index (κ2) is 9.84. The van der Waals surface area contributed by atoms with E-state index in [1.807, 2.05) is 0 Å². The van der Waals surface area contributed by atoms with Crippen LogP contribution in [-0.4, -0.2) is 48.0 Å². The number of aromatic nitrogens is 2. The van der Waals surface area contributed by atoms with Gasteiger partial charge in [0.2, 0.25) is 0 Å². The zero-order valence-corrected chi connectivity index (χ0v) is 20.6. The zero-order chi connectivity index (χ0) is 25.0. The van der Waals surface area contributed by atoms with Gasteiger partial charge in [0.15, 0.2) is 0 Å². The van der Waals surface area contributed by atoms with Gasteiger partial charge in [-0.3, -0.25) is 4.18 Å². The van der Waals surface area contributed by atoms with Crippen molar-refractivity contribution in [3.63, 3.8) is 0 Å². The molecule has 0 saturated carbocycles. The predicted molar refractivity (Wildman–Crippen MR) is 122 cm³/mol. The van der Waals surface area contributed by atoms with Crippen LogP contribution in [0.3, 0.4) is 0 Å². The Morgan fingerprint density at radius 1 is 0.848 bits per heavy atom. The van der Waals surface area contributed by atoms with Gasteiger partial charge in [0, 0.05) is 0 Å². The van der Waals surface area contributed by atoms with E-state index < -0.39 is 33.5 Å². The van der Waals surface area contributed by atoms with Gasteiger partial charge in [-0.2, -0.15) is 13.3 Å². The van der Waals surface area contributed by atoms with E-state index in [-0.39, 0.29) is 12.4 Å². The summed E-state index contributed by atoms with van der Waals surface area (Å²) >= 11 is 0. The molecule has 2 heterocycles. The molecular formula is C22H29N3O7S. The minimum Gasteiger partial charge on any atom is -0.443 e. The number of rotatable bonds is 5. The summed E-state index contributed by atoms with van der Waals surface area (Å²) in [5.74, 6) is -0.0180. The number of carbonyl (C=O) groups excluding carboxylic acids is 2. The number of pyridine rings is 2. The Hall–Kier alpha value is -3.05. The molecule has 2 aromatic rings. The maximum absolute atomic E-state index is 12.8. The van der Waals surface area contributed by atoms with Crippen LogP contribution in [0.15, 0.2) is 36.4 Å². The Balaban J connectivity index is 2.43. The molecule has 0 atom stereocenters. The van der Waals surface area contributed by atoms with Crippen LogP contribution in [0, 0.1) is 0 Å². The molecule has 0 aliphatic carbocycles. The molecule has 2 aromatic heterocycles. The minimum absolute atomic E-state index is 0.0180. The Morgan fingerprint density at radius 3 is 1.82 bits per heavy atom. The topological polar surface area (TPSA) is 125 Å². The molecule has 0 spiro atoms. The van der Waals surface area contributed by atoms with Crippen LogP contribution in [-0.2, 0) is 30.4 Å². The molecule has 0 fully saturated rings. The first-order valence-corrected chi connectivity index (χ1v) is 11.9. The van der Waals surface area contributed by atoms with Crippen molar-refractivity contribution in [2.75, 3.05) is 11.2 Å². The van der Waals surface area contributed by atoms with Gasteiger partial charge in [-0.15, -0.1) is 0 Å². The van der Waals surface area contributed by atoms with Crippen LogP contribution in [0.25, 0.3) is 11.4 Å². The summed E-state index contributed by atoms with van der Waals surface area (Å²) in [6.07, 6.45) is -0.932. The molecule has 0 saturated heterocycles. The molecular weight excluding hydrogens is 450 g/mol. The van der Waals surface area contributed by atoms with E-state index in [4.69, 9.17) is 13.7 Å². The molecule has 0 aliphatic rings. The maximum atomic E-state index is 12.8. The van der Waals surface area contributed by atoms with Gasteiger partial charge < -0.3 is 9.47 Å². The Labute approximate surface area is 194 Å². The second-order valence-corrected chi connectivity index (χ2v) is 10.8. The highest BCUT2D eigenvalue weighted by Gasteiger charge is 2.33. The van der Waals surface area contributed by atoms with Gasteiger partial charge >= 0.3 is 12.2 Å². The monoisotopic (exact) mass is 479 g/mol. The standard InChI is InChI=1S/C22H29N3O7S/c1-21(2,3)31-19(26)25(20(27)32-22(4,5)6)18-13-9-12-17(24-18)16-11-8-10-15(23-16)14-30-33(7,28)29/h8-13H,14H2,1-7H3. The Kier molecular flexibility index (Phi) is 7.81. The van der Waals surface area contributed by atoms with E-state index in [9.17, 15) is 18.0 Å². The molecule has 0 aliphatic heterocycles. The summed E-state index contributed by atoms with van der Waals surface area (Å²) < 4.78 is 38.0. The predicted octanol–water partition coefficient (Wildman–Crippen LogP) is 4.30. The summed E-state index contributed by atoms with van der Waals surface area (Å²) in [7, 11) is -3.63. The van der Waals surface area contributed by atoms with Crippen molar-refractivity contribution in [1.82, 2.24) is 9.97 Å². The molecule has 180 valence electrons. The fourth-order valence-electron chi connectivity index (χ4n) is 2.44. The molecule has 2 rings (SSSR count). The van der Waals surface area contributed by atoms with Crippen molar-refractivity contribution in [3.05, 3.63) is 42.1 Å². The van der Waals surface area contributed by atoms with Crippen LogP contribution in [0.4, 0.5) is 15.4 Å². The first kappa shape index (κ1) is 26.2. The van der Waals surface area contributed by atoms with E-state index in [1.54, 1.807) is 71.9 Å². The van der Waals surface area contributed by atoms with Gasteiger partial charge in [-0.25, -0.2) is 19.6 Å². The van der Waals surface area contributed by atoms with Crippen molar-refractivity contribution >= 4 is 28.1 Å². The third-order valence-corrected chi connectivity index (χ3v) is 4.15. The third kappa shape index (κ3) is 8.78. The van der Waals surface area contributed by atoms with Crippen molar-refractivity contribution in [1.29, 1.82) is 0 Å². The lowest BCUT2D eigenvalue weighted by Gasteiger charge is -2.28. The summed E-state index contributed by atoms with van der Waals surface area (Å²) in [4.78, 5) is 35.2. The summed E-state index contributed by atoms with van der Waals surface area (Å²) in [5.41, 5.74) is -0.624. The zero-order valence-electron chi connectivity index (χ0n) is 19.8. The van der Waals surface area contributed by atoms with Gasteiger partial charge in [-0.05, 0) is 65.8 Å². The van der Waals surface area contributed by atoms with E-state index in [0.717, 1.165) is 11.2 Å². The van der Waals surface area contributed by atoms with Crippen molar-refractivity contribution < 1.29 is 31.7 Å². The average Bonchev–Trinajstić information content (AvgIpc) is 2.63. The molecule has 0 N–H and O–H groups in total. The summed E-state index contributed by atoms with van der Waals surface area (Å²) in [6.45, 7) is 9.82. The minimum atomic E-state index is -3.63. The fourth-order valence-corrected chi connectivity index (χ4v) is 2.77. The number of hydrogen-bond acceptors (Lipinski definition) is 9. The number of hydrogen-bond donors (Lipinski definition) is 0. The maximum Gasteiger partial charge on any atom is 0.425 e. The van der Waals surface area contributed by atoms with Crippen LogP contribution >= 0.6 is 0 Å². The highest BCUT2D eigenvalue weighted by molar-refractivity contribution is 7.85. The first-order valence-electron chi connectivity index (χ1n) is 10.1. The largest absolute Gasteiger partial charge is 0.443 e. The average molecular weight is 480 g/mol. The molecule has 11 heteroatoms. The highest BCUT2D eigenvalue weighted by Crippen LogP contribution is 2.23. The van der Waals surface area contributed by atoms with Crippen molar-refractivity contribution in [2.24, 2.45) is 0 Å². The highest BCUT2D eigenvalue weighted by atomic mass is 32.2. The van der Waals surface area contributed by atoms with Crippen LogP contribution in [0.5, 0.6) is 0 Å². The summed E-state index contributed by atoms with van der Waals surface area (Å²) in [6, 6.07) is 9.62. The quantitative estimate of drug-likeness (QED) is 0.577. The van der Waals surface area contributed by atoms with Crippen LogP contribution in [0.1, 0.15) is 47.2 Å². The lowest BCUT2D eigenvalue weighted by molar-refractivity contribution is 0.0429. The Bertz CT molecular complexity index is 1090. The molecule has 0 radical (unpaired) electrons. The molecule has 0 unspecified atom stereocenters. The number of ether oxygens (including phenoxy) is 2. The van der Waals surface area contributed by atoms with Gasteiger partial charge in [0.25, 0.3) is 10.1 Å².